The highest BCUT2D eigenvalue weighted by molar-refractivity contribution is 5.76. The van der Waals surface area contributed by atoms with Crippen molar-refractivity contribution in [3.05, 3.63) is 76.4 Å². The molecule has 1 amide bonds. The van der Waals surface area contributed by atoms with Crippen LogP contribution in [0.25, 0.3) is 0 Å². The molecule has 2 aromatic heterocycles. The Morgan fingerprint density at radius 3 is 2.63 bits per heavy atom. The van der Waals surface area contributed by atoms with Gasteiger partial charge in [0.05, 0.1) is 12.3 Å². The summed E-state index contributed by atoms with van der Waals surface area (Å²) in [7, 11) is 1.69. The van der Waals surface area contributed by atoms with Gasteiger partial charge in [0.15, 0.2) is 0 Å². The third-order valence-electron chi connectivity index (χ3n) is 4.79. The molecule has 27 heavy (non-hydrogen) atoms. The van der Waals surface area contributed by atoms with Crippen LogP contribution in [0.3, 0.4) is 0 Å². The summed E-state index contributed by atoms with van der Waals surface area (Å²) in [5, 5.41) is 4.26. The molecule has 0 N–H and O–H groups in total. The van der Waals surface area contributed by atoms with Gasteiger partial charge in [-0.2, -0.15) is 5.10 Å². The number of carbonyl (C=O) groups is 1. The van der Waals surface area contributed by atoms with Gasteiger partial charge >= 0.3 is 5.69 Å². The van der Waals surface area contributed by atoms with Crippen molar-refractivity contribution >= 4 is 5.91 Å². The molecule has 0 aliphatic rings. The van der Waals surface area contributed by atoms with Crippen molar-refractivity contribution in [1.82, 2.24) is 19.2 Å². The second-order valence-corrected chi connectivity index (χ2v) is 6.57. The van der Waals surface area contributed by atoms with Gasteiger partial charge < -0.3 is 9.32 Å². The van der Waals surface area contributed by atoms with Crippen LogP contribution >= 0.6 is 0 Å². The average Bonchev–Trinajstić information content (AvgIpc) is 3.29. The molecule has 1 unspecified atom stereocenters. The number of furan rings is 1. The van der Waals surface area contributed by atoms with E-state index in [9.17, 15) is 9.59 Å². The molecule has 0 bridgehead atoms. The number of hydrogen-bond donors (Lipinski definition) is 0. The summed E-state index contributed by atoms with van der Waals surface area (Å²) in [5.41, 5.74) is 0.885. The summed E-state index contributed by atoms with van der Waals surface area (Å²) in [6.07, 6.45) is 2.31. The quantitative estimate of drug-likeness (QED) is 0.642. The fourth-order valence-corrected chi connectivity index (χ4v) is 2.97. The Labute approximate surface area is 157 Å². The third-order valence-corrected chi connectivity index (χ3v) is 4.79. The van der Waals surface area contributed by atoms with E-state index >= 15 is 0 Å². The van der Waals surface area contributed by atoms with Crippen LogP contribution < -0.4 is 5.69 Å². The fourth-order valence-electron chi connectivity index (χ4n) is 2.97. The highest BCUT2D eigenvalue weighted by Gasteiger charge is 2.21. The molecule has 0 saturated heterocycles. The smallest absolute Gasteiger partial charge is 0.346 e. The maximum atomic E-state index is 12.6. The largest absolute Gasteiger partial charge is 0.467 e. The average molecular weight is 368 g/mol. The molecule has 0 aliphatic carbocycles. The van der Waals surface area contributed by atoms with E-state index < -0.39 is 0 Å². The summed E-state index contributed by atoms with van der Waals surface area (Å²) in [4.78, 5) is 26.8. The Kier molecular flexibility index (Phi) is 5.59. The number of aryl methyl sites for hydroxylation is 2. The number of likely N-dealkylation sites (N-methyl/N-ethyl adjacent to an activating group) is 1. The van der Waals surface area contributed by atoms with Crippen LogP contribution in [0.15, 0.2) is 57.9 Å². The number of nitrogens with zero attached hydrogens (tertiary/aromatic N) is 4. The van der Waals surface area contributed by atoms with E-state index in [0.29, 0.717) is 18.1 Å². The molecular formula is C20H24N4O3. The molecule has 0 radical (unpaired) electrons. The summed E-state index contributed by atoms with van der Waals surface area (Å²) in [6, 6.07) is 13.4. The number of benzene rings is 1. The Morgan fingerprint density at radius 1 is 1.22 bits per heavy atom. The predicted octanol–water partition coefficient (Wildman–Crippen LogP) is 2.41. The molecule has 3 rings (SSSR count). The van der Waals surface area contributed by atoms with E-state index in [2.05, 4.69) is 5.10 Å². The summed E-state index contributed by atoms with van der Waals surface area (Å²) >= 11 is 0. The highest BCUT2D eigenvalue weighted by Crippen LogP contribution is 2.19. The van der Waals surface area contributed by atoms with Crippen molar-refractivity contribution in [3.8, 4) is 0 Å². The maximum absolute atomic E-state index is 12.6. The van der Waals surface area contributed by atoms with Gasteiger partial charge in [-0.25, -0.2) is 9.48 Å². The van der Waals surface area contributed by atoms with Crippen LogP contribution in [0.1, 0.15) is 30.1 Å². The van der Waals surface area contributed by atoms with E-state index in [4.69, 9.17) is 4.42 Å². The highest BCUT2D eigenvalue weighted by atomic mass is 16.3. The minimum Gasteiger partial charge on any atom is -0.467 e. The van der Waals surface area contributed by atoms with E-state index in [-0.39, 0.29) is 24.2 Å². The Balaban J connectivity index is 1.68. The van der Waals surface area contributed by atoms with Crippen molar-refractivity contribution in [2.75, 3.05) is 7.05 Å². The van der Waals surface area contributed by atoms with Crippen molar-refractivity contribution in [2.24, 2.45) is 0 Å². The monoisotopic (exact) mass is 368 g/mol. The van der Waals surface area contributed by atoms with Gasteiger partial charge in [0.2, 0.25) is 5.91 Å². The van der Waals surface area contributed by atoms with Crippen LogP contribution in [-0.4, -0.2) is 32.2 Å². The van der Waals surface area contributed by atoms with Gasteiger partial charge in [0, 0.05) is 13.6 Å². The Hall–Kier alpha value is -3.09. The fraction of sp³-hybridized carbons (Fsp3) is 0.350. The Bertz CT molecular complexity index is 942. The number of hydrogen-bond acceptors (Lipinski definition) is 4. The lowest BCUT2D eigenvalue weighted by Crippen LogP contribution is -2.36. The minimum atomic E-state index is -0.268. The van der Waals surface area contributed by atoms with Crippen LogP contribution in [0, 0.1) is 6.92 Å². The molecule has 7 nitrogen and oxygen atoms in total. The molecule has 142 valence electrons. The number of rotatable bonds is 7. The van der Waals surface area contributed by atoms with Crippen LogP contribution in [0.2, 0.25) is 0 Å². The van der Waals surface area contributed by atoms with E-state index in [1.807, 2.05) is 43.3 Å². The zero-order valence-corrected chi connectivity index (χ0v) is 15.8. The standard InChI is InChI=1S/C20H24N4O3/c1-15(18-10-7-13-27-18)22(3)19(25)14-24-20(26)23(16(2)21-24)12-11-17-8-5-4-6-9-17/h4-10,13,15H,11-12,14H2,1-3H3. The molecular weight excluding hydrogens is 344 g/mol. The molecule has 1 aromatic carbocycles. The lowest BCUT2D eigenvalue weighted by Gasteiger charge is -2.23. The summed E-state index contributed by atoms with van der Waals surface area (Å²) in [5.74, 6) is 1.10. The lowest BCUT2D eigenvalue weighted by molar-refractivity contribution is -0.133. The van der Waals surface area contributed by atoms with Gasteiger partial charge in [-0.15, -0.1) is 0 Å². The Morgan fingerprint density at radius 2 is 1.96 bits per heavy atom. The summed E-state index contributed by atoms with van der Waals surface area (Å²) in [6.45, 7) is 4.09. The van der Waals surface area contributed by atoms with Gasteiger partial charge in [0.25, 0.3) is 0 Å². The van der Waals surface area contributed by atoms with Crippen LogP contribution in [0.4, 0.5) is 0 Å². The van der Waals surface area contributed by atoms with Crippen LogP contribution in [0.5, 0.6) is 0 Å². The molecule has 0 fully saturated rings. The van der Waals surface area contributed by atoms with Gasteiger partial charge in [-0.1, -0.05) is 30.3 Å². The van der Waals surface area contributed by atoms with E-state index in [1.54, 1.807) is 35.8 Å². The first-order valence-electron chi connectivity index (χ1n) is 8.94. The maximum Gasteiger partial charge on any atom is 0.346 e. The van der Waals surface area contributed by atoms with Gasteiger partial charge in [-0.05, 0) is 38.0 Å². The third kappa shape index (κ3) is 4.19. The molecule has 3 aromatic rings. The second kappa shape index (κ2) is 8.07. The van der Waals surface area contributed by atoms with Crippen molar-refractivity contribution in [3.63, 3.8) is 0 Å². The first-order valence-corrected chi connectivity index (χ1v) is 8.94. The zero-order valence-electron chi connectivity index (χ0n) is 15.8. The molecule has 7 heteroatoms. The van der Waals surface area contributed by atoms with Gasteiger partial charge in [-0.3, -0.25) is 9.36 Å². The predicted molar refractivity (Wildman–Crippen MR) is 101 cm³/mol. The normalized spacial score (nSPS) is 12.1. The topological polar surface area (TPSA) is 73.3 Å². The first-order chi connectivity index (χ1) is 13.0. The number of carbonyl (C=O) groups excluding carboxylic acids is 1. The van der Waals surface area contributed by atoms with Crippen molar-refractivity contribution in [1.29, 1.82) is 0 Å². The molecule has 0 aliphatic heterocycles. The zero-order chi connectivity index (χ0) is 19.4. The van der Waals surface area contributed by atoms with E-state index in [0.717, 1.165) is 12.0 Å². The van der Waals surface area contributed by atoms with Crippen molar-refractivity contribution in [2.45, 2.75) is 39.4 Å². The minimum absolute atomic E-state index is 0.0977. The first kappa shape index (κ1) is 18.7. The lowest BCUT2D eigenvalue weighted by atomic mass is 10.1. The second-order valence-electron chi connectivity index (χ2n) is 6.57. The number of amides is 1. The van der Waals surface area contributed by atoms with E-state index in [1.165, 1.54) is 4.68 Å². The van der Waals surface area contributed by atoms with Crippen LogP contribution in [-0.2, 0) is 24.3 Å². The summed E-state index contributed by atoms with van der Waals surface area (Å²) < 4.78 is 8.19. The molecule has 2 heterocycles. The van der Waals surface area contributed by atoms with Gasteiger partial charge in [0.1, 0.15) is 18.1 Å². The van der Waals surface area contributed by atoms with Crippen molar-refractivity contribution < 1.29 is 9.21 Å². The SMILES string of the molecule is Cc1nn(CC(=O)N(C)C(C)c2ccco2)c(=O)n1CCc1ccccc1. The molecule has 1 atom stereocenters. The molecule has 0 spiro atoms. The molecule has 0 saturated carbocycles. The number of aromatic nitrogens is 3.